The second-order valence-corrected chi connectivity index (χ2v) is 7.66. The van der Waals surface area contributed by atoms with E-state index in [1.807, 2.05) is 24.3 Å². The third kappa shape index (κ3) is 2.91. The first kappa shape index (κ1) is 16.5. The van der Waals surface area contributed by atoms with E-state index in [2.05, 4.69) is 25.7 Å². The minimum absolute atomic E-state index is 0.0304. The molecule has 0 bridgehead atoms. The van der Waals surface area contributed by atoms with Gasteiger partial charge in [0.15, 0.2) is 4.34 Å². The predicted octanol–water partition coefficient (Wildman–Crippen LogP) is 4.95. The van der Waals surface area contributed by atoms with Crippen LogP contribution in [0.25, 0.3) is 10.2 Å². The molecule has 0 fully saturated rings. The summed E-state index contributed by atoms with van der Waals surface area (Å²) in [6.45, 7) is 0. The Labute approximate surface area is 155 Å². The van der Waals surface area contributed by atoms with Crippen molar-refractivity contribution in [2.24, 2.45) is 20.7 Å². The fourth-order valence-electron chi connectivity index (χ4n) is 2.38. The molecule has 0 aliphatic carbocycles. The molecule has 4 rings (SSSR count). The van der Waals surface area contributed by atoms with Crippen LogP contribution in [-0.4, -0.2) is 17.0 Å². The summed E-state index contributed by atoms with van der Waals surface area (Å²) >= 11 is 2.62. The van der Waals surface area contributed by atoms with Gasteiger partial charge in [0.05, 0.1) is 22.2 Å². The number of hydrogen-bond donors (Lipinski definition) is 0. The molecular weight excluding hydrogens is 376 g/mol. The van der Waals surface area contributed by atoms with Gasteiger partial charge >= 0.3 is 0 Å². The van der Waals surface area contributed by atoms with Crippen LogP contribution in [0.4, 0.5) is 5.69 Å². The van der Waals surface area contributed by atoms with Crippen molar-refractivity contribution in [2.75, 3.05) is 7.11 Å². The zero-order valence-corrected chi connectivity index (χ0v) is 14.9. The minimum Gasteiger partial charge on any atom is -0.497 e. The number of rotatable bonds is 5. The van der Waals surface area contributed by atoms with Gasteiger partial charge in [0.25, 0.3) is 10.7 Å². The van der Waals surface area contributed by atoms with Crippen LogP contribution in [0, 0.1) is 10.1 Å². The first-order chi connectivity index (χ1) is 12.6. The van der Waals surface area contributed by atoms with Gasteiger partial charge in [0.1, 0.15) is 5.75 Å². The second-order valence-electron chi connectivity index (χ2n) is 5.21. The predicted molar refractivity (Wildman–Crippen MR) is 96.5 cm³/mol. The highest BCUT2D eigenvalue weighted by Gasteiger charge is 2.38. The van der Waals surface area contributed by atoms with Gasteiger partial charge in [-0.25, -0.2) is 4.98 Å². The zero-order chi connectivity index (χ0) is 18.1. The molecule has 1 aromatic heterocycles. The minimum atomic E-state index is -1.06. The Morgan fingerprint density at radius 3 is 2.54 bits per heavy atom. The highest BCUT2D eigenvalue weighted by molar-refractivity contribution is 8.02. The highest BCUT2D eigenvalue weighted by atomic mass is 32.2. The summed E-state index contributed by atoms with van der Waals surface area (Å²) < 4.78 is 6.56. The number of thioether (sulfide) groups is 1. The summed E-state index contributed by atoms with van der Waals surface area (Å²) in [6.07, 6.45) is 0. The molecule has 0 saturated carbocycles. The molecule has 1 aliphatic rings. The number of ether oxygens (including phenoxy) is 1. The number of nitro benzene ring substituents is 1. The van der Waals surface area contributed by atoms with Gasteiger partial charge in [-0.3, -0.25) is 10.1 Å². The fourth-order valence-corrected chi connectivity index (χ4v) is 4.69. The lowest BCUT2D eigenvalue weighted by molar-refractivity contribution is -0.384. The van der Waals surface area contributed by atoms with Crippen molar-refractivity contribution >= 4 is 39.0 Å². The quantitative estimate of drug-likeness (QED) is 0.454. The van der Waals surface area contributed by atoms with E-state index in [1.165, 1.54) is 35.2 Å². The van der Waals surface area contributed by atoms with Gasteiger partial charge < -0.3 is 4.74 Å². The molecule has 9 nitrogen and oxygen atoms in total. The molecule has 0 atom stereocenters. The fraction of sp³-hybridized carbons (Fsp3) is 0.133. The molecule has 11 heteroatoms. The van der Waals surface area contributed by atoms with Gasteiger partial charge in [-0.15, -0.1) is 21.6 Å². The summed E-state index contributed by atoms with van der Waals surface area (Å²) in [5.41, 5.74) is 1.49. The van der Waals surface area contributed by atoms with Crippen molar-refractivity contribution in [3.63, 3.8) is 0 Å². The molecule has 0 saturated heterocycles. The van der Waals surface area contributed by atoms with Gasteiger partial charge in [0, 0.05) is 17.7 Å². The molecule has 1 aliphatic heterocycles. The third-order valence-electron chi connectivity index (χ3n) is 3.66. The molecule has 0 spiro atoms. The molecule has 0 radical (unpaired) electrons. The molecule has 0 unspecified atom stereocenters. The van der Waals surface area contributed by atoms with Crippen LogP contribution in [0.1, 0.15) is 5.56 Å². The van der Waals surface area contributed by atoms with Crippen molar-refractivity contribution in [2.45, 2.75) is 9.33 Å². The Morgan fingerprint density at radius 2 is 1.88 bits per heavy atom. The number of non-ortho nitro benzene ring substituents is 1. The molecule has 26 heavy (non-hydrogen) atoms. The average molecular weight is 386 g/mol. The topological polar surface area (TPSA) is 115 Å². The maximum Gasteiger partial charge on any atom is 0.272 e. The molecular formula is C15H10N6O3S2. The van der Waals surface area contributed by atoms with Crippen LogP contribution in [0.5, 0.6) is 5.75 Å². The SMILES string of the molecule is COc1ccc(C2(Sc3nc4ccc([N+](=O)[O-])cc4s3)N=NN=N2)cc1. The smallest absolute Gasteiger partial charge is 0.272 e. The Balaban J connectivity index is 1.70. The first-order valence-corrected chi connectivity index (χ1v) is 8.95. The van der Waals surface area contributed by atoms with E-state index in [1.54, 1.807) is 13.2 Å². The molecule has 0 N–H and O–H groups in total. The average Bonchev–Trinajstić information content (AvgIpc) is 3.28. The first-order valence-electron chi connectivity index (χ1n) is 7.32. The van der Waals surface area contributed by atoms with Crippen LogP contribution < -0.4 is 4.74 Å². The summed E-state index contributed by atoms with van der Waals surface area (Å²) in [6, 6.07) is 11.9. The van der Waals surface area contributed by atoms with Gasteiger partial charge in [0.2, 0.25) is 0 Å². The summed E-state index contributed by atoms with van der Waals surface area (Å²) in [5.74, 6) is 0.716. The van der Waals surface area contributed by atoms with Crippen LogP contribution >= 0.6 is 23.1 Å². The van der Waals surface area contributed by atoms with E-state index in [9.17, 15) is 10.1 Å². The largest absolute Gasteiger partial charge is 0.497 e. The number of nitrogens with zero attached hydrogens (tertiary/aromatic N) is 6. The number of methoxy groups -OCH3 is 1. The summed E-state index contributed by atoms with van der Waals surface area (Å²) in [7, 11) is 1.59. The highest BCUT2D eigenvalue weighted by Crippen LogP contribution is 2.48. The van der Waals surface area contributed by atoms with Crippen LogP contribution in [0.2, 0.25) is 0 Å². The van der Waals surface area contributed by atoms with E-state index >= 15 is 0 Å². The number of thiazole rings is 1. The molecule has 130 valence electrons. The summed E-state index contributed by atoms with van der Waals surface area (Å²) in [5, 5.41) is 26.6. The van der Waals surface area contributed by atoms with Crippen LogP contribution in [-0.2, 0) is 4.99 Å². The maximum atomic E-state index is 10.9. The second kappa shape index (κ2) is 6.42. The molecule has 2 heterocycles. The Kier molecular flexibility index (Phi) is 4.09. The van der Waals surface area contributed by atoms with E-state index in [-0.39, 0.29) is 5.69 Å². The normalized spacial score (nSPS) is 14.8. The lowest BCUT2D eigenvalue weighted by Crippen LogP contribution is -2.13. The lowest BCUT2D eigenvalue weighted by Gasteiger charge is -2.18. The number of benzene rings is 2. The number of nitro groups is 1. The van der Waals surface area contributed by atoms with Crippen molar-refractivity contribution in [3.05, 3.63) is 58.1 Å². The zero-order valence-electron chi connectivity index (χ0n) is 13.3. The van der Waals surface area contributed by atoms with Crippen molar-refractivity contribution < 1.29 is 9.66 Å². The summed E-state index contributed by atoms with van der Waals surface area (Å²) in [4.78, 5) is 14.0. The molecule has 2 aromatic carbocycles. The Hall–Kier alpha value is -2.92. The van der Waals surface area contributed by atoms with E-state index in [4.69, 9.17) is 4.74 Å². The van der Waals surface area contributed by atoms with Crippen LogP contribution in [0.3, 0.4) is 0 Å². The van der Waals surface area contributed by atoms with E-state index in [0.717, 1.165) is 10.3 Å². The van der Waals surface area contributed by atoms with Crippen LogP contribution in [0.15, 0.2) is 67.5 Å². The van der Waals surface area contributed by atoms with Gasteiger partial charge in [-0.05, 0) is 52.5 Å². The standard InChI is InChI=1S/C15H10N6O3S2/c1-24-11-5-2-9(3-6-11)15(17-19-20-18-15)26-14-16-12-7-4-10(21(22)23)8-13(12)25-14/h2-8H,1H3. The van der Waals surface area contributed by atoms with E-state index in [0.29, 0.717) is 15.6 Å². The number of aromatic nitrogens is 1. The van der Waals surface area contributed by atoms with Gasteiger partial charge in [-0.2, -0.15) is 0 Å². The third-order valence-corrected chi connectivity index (χ3v) is 5.92. The van der Waals surface area contributed by atoms with E-state index < -0.39 is 9.92 Å². The van der Waals surface area contributed by atoms with Crippen molar-refractivity contribution in [3.8, 4) is 5.75 Å². The van der Waals surface area contributed by atoms with Gasteiger partial charge in [-0.1, -0.05) is 0 Å². The van der Waals surface area contributed by atoms with Crippen molar-refractivity contribution in [1.29, 1.82) is 0 Å². The molecule has 3 aromatic rings. The number of fused-ring (bicyclic) bond motifs is 1. The molecule has 0 amide bonds. The monoisotopic (exact) mass is 386 g/mol. The number of hydrogen-bond acceptors (Lipinski definition) is 10. The Bertz CT molecular complexity index is 1040. The Morgan fingerprint density at radius 1 is 1.15 bits per heavy atom. The van der Waals surface area contributed by atoms with Crippen molar-refractivity contribution in [1.82, 2.24) is 4.98 Å². The lowest BCUT2D eigenvalue weighted by atomic mass is 10.2. The maximum absolute atomic E-state index is 10.9.